The summed E-state index contributed by atoms with van der Waals surface area (Å²) in [6.45, 7) is 3.07. The fraction of sp³-hybridized carbons (Fsp3) is 0.652. The number of aromatic hydroxyl groups is 1. The van der Waals surface area contributed by atoms with Crippen molar-refractivity contribution in [2.24, 2.45) is 23.2 Å². The molecule has 0 aromatic heterocycles. The third-order valence-corrected chi connectivity index (χ3v) is 8.96. The van der Waals surface area contributed by atoms with E-state index in [4.69, 9.17) is 4.74 Å². The lowest BCUT2D eigenvalue weighted by atomic mass is 9.40. The van der Waals surface area contributed by atoms with E-state index in [2.05, 4.69) is 13.0 Å². The molecule has 144 valence electrons. The van der Waals surface area contributed by atoms with Gasteiger partial charge in [-0.1, -0.05) is 13.0 Å². The van der Waals surface area contributed by atoms with Crippen molar-refractivity contribution in [3.8, 4) is 5.75 Å². The van der Waals surface area contributed by atoms with Crippen molar-refractivity contribution < 1.29 is 19.4 Å². The highest BCUT2D eigenvalue weighted by Gasteiger charge is 2.66. The Hall–Kier alpha value is -1.84. The average molecular weight is 368 g/mol. The van der Waals surface area contributed by atoms with Crippen molar-refractivity contribution in [2.45, 2.75) is 69.8 Å². The van der Waals surface area contributed by atoms with Crippen molar-refractivity contribution in [3.63, 3.8) is 0 Å². The summed E-state index contributed by atoms with van der Waals surface area (Å²) in [4.78, 5) is 22.9. The Morgan fingerprint density at radius 2 is 1.89 bits per heavy atom. The molecule has 1 aromatic carbocycles. The number of hydrogen-bond donors (Lipinski definition) is 1. The summed E-state index contributed by atoms with van der Waals surface area (Å²) in [6, 6.07) is 3.75. The van der Waals surface area contributed by atoms with Gasteiger partial charge in [0.1, 0.15) is 11.4 Å². The number of carbonyl (C=O) groups is 2. The second kappa shape index (κ2) is 5.83. The van der Waals surface area contributed by atoms with E-state index < -0.39 is 0 Å². The number of phenols is 1. The van der Waals surface area contributed by atoms with Crippen LogP contribution in [0.1, 0.15) is 79.3 Å². The Balaban J connectivity index is 1.57. The lowest BCUT2D eigenvalue weighted by molar-refractivity contribution is -0.236. The van der Waals surface area contributed by atoms with Crippen molar-refractivity contribution in [3.05, 3.63) is 28.8 Å². The van der Waals surface area contributed by atoms with E-state index in [0.29, 0.717) is 29.8 Å². The highest BCUT2D eigenvalue weighted by Crippen LogP contribution is 2.69. The first-order chi connectivity index (χ1) is 13.0. The van der Waals surface area contributed by atoms with Crippen LogP contribution in [0.2, 0.25) is 0 Å². The van der Waals surface area contributed by atoms with Gasteiger partial charge in [-0.15, -0.1) is 0 Å². The van der Waals surface area contributed by atoms with Crippen LogP contribution < -0.4 is 0 Å². The Morgan fingerprint density at radius 3 is 2.59 bits per heavy atom. The highest BCUT2D eigenvalue weighted by molar-refractivity contribution is 5.82. The largest absolute Gasteiger partial charge is 0.507 e. The van der Waals surface area contributed by atoms with E-state index in [0.717, 1.165) is 56.3 Å². The molecule has 1 N–H and O–H groups in total. The molecule has 0 radical (unpaired) electrons. The number of ether oxygens (including phenoxy) is 1. The lowest BCUT2D eigenvalue weighted by Crippen LogP contribution is -2.65. The predicted molar refractivity (Wildman–Crippen MR) is 101 cm³/mol. The van der Waals surface area contributed by atoms with Gasteiger partial charge in [0.05, 0.1) is 5.56 Å². The Morgan fingerprint density at radius 1 is 1.11 bits per heavy atom. The summed E-state index contributed by atoms with van der Waals surface area (Å²) in [5.41, 5.74) is 2.63. The maximum Gasteiger partial charge on any atom is 0.293 e. The summed E-state index contributed by atoms with van der Waals surface area (Å²) in [5, 5.41) is 10.1. The van der Waals surface area contributed by atoms with Crippen LogP contribution in [0.25, 0.3) is 0 Å². The molecule has 27 heavy (non-hydrogen) atoms. The van der Waals surface area contributed by atoms with Crippen LogP contribution in [0.15, 0.2) is 12.1 Å². The summed E-state index contributed by atoms with van der Waals surface area (Å²) in [7, 11) is 0. The second-order valence-electron chi connectivity index (χ2n) is 9.52. The number of benzene rings is 1. The standard InChI is InChI=1S/C23H28O4/c1-22-9-8-17-15-4-5-20(26)19(12-24)16(15)2-3-18(17)21(22)14-6-10-23(22,11-7-14)27-13-25/h4-5,12-14,17-18,21,26H,2-3,6-11H2,1H3. The molecule has 0 spiro atoms. The fourth-order valence-electron chi connectivity index (χ4n) is 7.85. The van der Waals surface area contributed by atoms with E-state index in [1.54, 1.807) is 6.07 Å². The van der Waals surface area contributed by atoms with E-state index in [-0.39, 0.29) is 16.8 Å². The van der Waals surface area contributed by atoms with Crippen LogP contribution in [-0.4, -0.2) is 23.5 Å². The summed E-state index contributed by atoms with van der Waals surface area (Å²) >= 11 is 0. The first kappa shape index (κ1) is 17.3. The highest BCUT2D eigenvalue weighted by atomic mass is 16.5. The first-order valence-corrected chi connectivity index (χ1v) is 10.5. The van der Waals surface area contributed by atoms with Gasteiger partial charge in [-0.2, -0.15) is 0 Å². The summed E-state index contributed by atoms with van der Waals surface area (Å²) < 4.78 is 5.87. The van der Waals surface area contributed by atoms with Gasteiger partial charge >= 0.3 is 0 Å². The minimum Gasteiger partial charge on any atom is -0.507 e. The minimum atomic E-state index is -0.275. The second-order valence-corrected chi connectivity index (χ2v) is 9.52. The number of phenolic OH excluding ortho intramolecular Hbond substituents is 1. The molecule has 0 heterocycles. The normalized spacial score (nSPS) is 41.8. The molecule has 4 nitrogen and oxygen atoms in total. The number of rotatable bonds is 3. The zero-order chi connectivity index (χ0) is 18.8. The molecule has 0 saturated heterocycles. The minimum absolute atomic E-state index is 0.0676. The zero-order valence-electron chi connectivity index (χ0n) is 15.9. The molecule has 0 amide bonds. The molecule has 5 aliphatic rings. The van der Waals surface area contributed by atoms with Crippen molar-refractivity contribution >= 4 is 12.8 Å². The zero-order valence-corrected chi connectivity index (χ0v) is 15.9. The number of aldehydes is 1. The van der Waals surface area contributed by atoms with Crippen LogP contribution in [0, 0.1) is 23.2 Å². The molecule has 4 atom stereocenters. The van der Waals surface area contributed by atoms with E-state index in [1.165, 1.54) is 18.4 Å². The molecule has 1 aromatic rings. The third kappa shape index (κ3) is 2.10. The molecule has 2 bridgehead atoms. The quantitative estimate of drug-likeness (QED) is 0.804. The molecular formula is C23H28O4. The van der Waals surface area contributed by atoms with Crippen LogP contribution in [-0.2, 0) is 16.0 Å². The molecule has 0 aliphatic heterocycles. The van der Waals surface area contributed by atoms with Gasteiger partial charge < -0.3 is 9.84 Å². The van der Waals surface area contributed by atoms with Gasteiger partial charge in [-0.05, 0) is 92.2 Å². The topological polar surface area (TPSA) is 63.6 Å². The van der Waals surface area contributed by atoms with Gasteiger partial charge in [0.25, 0.3) is 6.47 Å². The smallest absolute Gasteiger partial charge is 0.293 e. The monoisotopic (exact) mass is 368 g/mol. The number of hydrogen-bond acceptors (Lipinski definition) is 4. The van der Waals surface area contributed by atoms with E-state index in [1.807, 2.05) is 0 Å². The van der Waals surface area contributed by atoms with Gasteiger partial charge in [0.15, 0.2) is 6.29 Å². The fourth-order valence-corrected chi connectivity index (χ4v) is 7.85. The van der Waals surface area contributed by atoms with Gasteiger partial charge in [-0.25, -0.2) is 0 Å². The SMILES string of the molecule is CC12CCC3c4ccc(O)c(C=O)c4CCC3C1C1CCC2(OC=O)CC1. The first-order valence-electron chi connectivity index (χ1n) is 10.5. The lowest BCUT2D eigenvalue weighted by Gasteiger charge is -2.67. The average Bonchev–Trinajstić information content (AvgIpc) is 2.68. The maximum atomic E-state index is 11.5. The van der Waals surface area contributed by atoms with E-state index in [9.17, 15) is 14.7 Å². The molecule has 4 heteroatoms. The molecular weight excluding hydrogens is 340 g/mol. The number of fused-ring (bicyclic) bond motifs is 5. The Kier molecular flexibility index (Phi) is 3.73. The van der Waals surface area contributed by atoms with Crippen LogP contribution in [0.5, 0.6) is 5.75 Å². The number of carbonyl (C=O) groups excluding carboxylic acids is 2. The molecule has 4 unspecified atom stereocenters. The Bertz CT molecular complexity index is 792. The van der Waals surface area contributed by atoms with Gasteiger partial charge in [0.2, 0.25) is 0 Å². The molecule has 6 rings (SSSR count). The summed E-state index contributed by atoms with van der Waals surface area (Å²) in [6.07, 6.45) is 9.25. The van der Waals surface area contributed by atoms with Crippen molar-refractivity contribution in [2.75, 3.05) is 0 Å². The predicted octanol–water partition coefficient (Wildman–Crippen LogP) is 4.38. The van der Waals surface area contributed by atoms with Gasteiger partial charge in [0, 0.05) is 5.41 Å². The third-order valence-electron chi connectivity index (χ3n) is 8.96. The Labute approximate surface area is 160 Å². The molecule has 4 fully saturated rings. The molecule has 5 aliphatic carbocycles. The van der Waals surface area contributed by atoms with Crippen LogP contribution in [0.4, 0.5) is 0 Å². The summed E-state index contributed by atoms with van der Waals surface area (Å²) in [5.74, 6) is 2.46. The molecule has 4 saturated carbocycles. The van der Waals surface area contributed by atoms with Crippen LogP contribution >= 0.6 is 0 Å². The van der Waals surface area contributed by atoms with Gasteiger partial charge in [-0.3, -0.25) is 9.59 Å². The van der Waals surface area contributed by atoms with Crippen molar-refractivity contribution in [1.29, 1.82) is 0 Å². The van der Waals surface area contributed by atoms with E-state index >= 15 is 0 Å². The van der Waals surface area contributed by atoms with Crippen LogP contribution in [0.3, 0.4) is 0 Å². The van der Waals surface area contributed by atoms with Crippen molar-refractivity contribution in [1.82, 2.24) is 0 Å². The maximum absolute atomic E-state index is 11.5.